The first kappa shape index (κ1) is 19.1. The SMILES string of the molecule is CCCN(CC)CCCN(C)c1c(C(C)(C)S)c(=S)c1=S. The van der Waals surface area contributed by atoms with Gasteiger partial charge in [0.25, 0.3) is 0 Å². The van der Waals surface area contributed by atoms with Crippen LogP contribution in [0.2, 0.25) is 0 Å². The van der Waals surface area contributed by atoms with Gasteiger partial charge in [0.05, 0.1) is 14.7 Å². The second kappa shape index (κ2) is 8.04. The van der Waals surface area contributed by atoms with Gasteiger partial charge < -0.3 is 9.80 Å². The molecule has 0 aliphatic heterocycles. The Hall–Kier alpha value is 0.0300. The highest BCUT2D eigenvalue weighted by Crippen LogP contribution is 2.41. The molecule has 0 bridgehead atoms. The van der Waals surface area contributed by atoms with Crippen molar-refractivity contribution < 1.29 is 0 Å². The summed E-state index contributed by atoms with van der Waals surface area (Å²) in [6, 6.07) is 0. The molecule has 0 saturated heterocycles. The van der Waals surface area contributed by atoms with Crippen LogP contribution in [0.1, 0.15) is 46.1 Å². The summed E-state index contributed by atoms with van der Waals surface area (Å²) in [7, 11) is 2.11. The molecule has 0 atom stereocenters. The zero-order valence-corrected chi connectivity index (χ0v) is 16.4. The maximum atomic E-state index is 5.43. The zero-order chi connectivity index (χ0) is 16.2. The molecule has 120 valence electrons. The maximum Gasteiger partial charge on any atom is 0.0799 e. The molecule has 0 saturated carbocycles. The van der Waals surface area contributed by atoms with E-state index in [2.05, 4.69) is 57.2 Å². The summed E-state index contributed by atoms with van der Waals surface area (Å²) in [6.07, 6.45) is 2.36. The third kappa shape index (κ3) is 4.75. The van der Waals surface area contributed by atoms with Crippen LogP contribution in [-0.4, -0.2) is 38.1 Å². The van der Waals surface area contributed by atoms with E-state index in [4.69, 9.17) is 24.4 Å². The van der Waals surface area contributed by atoms with E-state index in [-0.39, 0.29) is 4.75 Å². The van der Waals surface area contributed by atoms with Gasteiger partial charge in [0.1, 0.15) is 0 Å². The monoisotopic (exact) mass is 344 g/mol. The molecular formula is C16H28N2S3. The Bertz CT molecular complexity index is 524. The number of nitrogens with zero attached hydrogens (tertiary/aromatic N) is 2. The average molecular weight is 345 g/mol. The first-order valence-corrected chi connectivity index (χ1v) is 9.00. The number of rotatable bonds is 9. The van der Waals surface area contributed by atoms with Gasteiger partial charge in [-0.3, -0.25) is 0 Å². The fraction of sp³-hybridized carbons (Fsp3) is 0.750. The molecule has 0 unspecified atom stereocenters. The average Bonchev–Trinajstić information content (AvgIpc) is 2.40. The normalized spacial score (nSPS) is 12.3. The Morgan fingerprint density at radius 2 is 1.67 bits per heavy atom. The van der Waals surface area contributed by atoms with Crippen molar-refractivity contribution in [3.8, 4) is 0 Å². The summed E-state index contributed by atoms with van der Waals surface area (Å²) in [5.74, 6) is 0. The summed E-state index contributed by atoms with van der Waals surface area (Å²) >= 11 is 15.5. The molecule has 0 N–H and O–H groups in total. The number of hydrogen-bond donors (Lipinski definition) is 1. The molecular weight excluding hydrogens is 316 g/mol. The van der Waals surface area contributed by atoms with Crippen LogP contribution in [0.3, 0.4) is 0 Å². The van der Waals surface area contributed by atoms with Crippen molar-refractivity contribution in [2.45, 2.75) is 45.3 Å². The van der Waals surface area contributed by atoms with E-state index in [0.717, 1.165) is 46.3 Å². The van der Waals surface area contributed by atoms with Gasteiger partial charge >= 0.3 is 0 Å². The Morgan fingerprint density at radius 3 is 2.14 bits per heavy atom. The molecule has 2 nitrogen and oxygen atoms in total. The van der Waals surface area contributed by atoms with Gasteiger partial charge in [0, 0.05) is 23.9 Å². The van der Waals surface area contributed by atoms with E-state index in [1.54, 1.807) is 0 Å². The quantitative estimate of drug-likeness (QED) is 0.510. The third-order valence-corrected chi connectivity index (χ3v) is 4.99. The van der Waals surface area contributed by atoms with Gasteiger partial charge in [-0.25, -0.2) is 0 Å². The maximum absolute atomic E-state index is 5.43. The van der Waals surface area contributed by atoms with E-state index >= 15 is 0 Å². The molecule has 0 heterocycles. The lowest BCUT2D eigenvalue weighted by Gasteiger charge is -2.32. The van der Waals surface area contributed by atoms with Crippen LogP contribution < -0.4 is 4.90 Å². The highest BCUT2D eigenvalue weighted by molar-refractivity contribution is 7.81. The third-order valence-electron chi connectivity index (χ3n) is 3.83. The Kier molecular flexibility index (Phi) is 7.31. The standard InChI is InChI=1S/C16H28N2S3/c1-6-9-18(7-2)11-8-10-17(5)13-12(16(3,4)21)14(19)15(13)20/h21H,6-11H2,1-5H3. The van der Waals surface area contributed by atoms with E-state index < -0.39 is 0 Å². The lowest BCUT2D eigenvalue weighted by molar-refractivity contribution is 0.286. The smallest absolute Gasteiger partial charge is 0.0799 e. The van der Waals surface area contributed by atoms with Crippen LogP contribution in [0.15, 0.2) is 0 Å². The molecule has 0 aliphatic rings. The van der Waals surface area contributed by atoms with E-state index in [1.165, 1.54) is 13.0 Å². The summed E-state index contributed by atoms with van der Waals surface area (Å²) in [6.45, 7) is 13.1. The molecule has 1 rings (SSSR count). The van der Waals surface area contributed by atoms with Gasteiger partial charge in [-0.1, -0.05) is 38.3 Å². The Balaban J connectivity index is 2.66. The van der Waals surface area contributed by atoms with E-state index in [0.29, 0.717) is 0 Å². The Labute approximate surface area is 145 Å². The topological polar surface area (TPSA) is 6.48 Å². The molecule has 0 aromatic heterocycles. The minimum atomic E-state index is -0.222. The second-order valence-electron chi connectivity index (χ2n) is 6.15. The summed E-state index contributed by atoms with van der Waals surface area (Å²) < 4.78 is 1.44. The molecule has 0 radical (unpaired) electrons. The lowest BCUT2D eigenvalue weighted by Crippen LogP contribution is -2.31. The molecule has 5 heteroatoms. The summed E-state index contributed by atoms with van der Waals surface area (Å²) in [5, 5.41) is 0. The largest absolute Gasteiger partial charge is 0.373 e. The minimum absolute atomic E-state index is 0.222. The molecule has 0 fully saturated rings. The first-order valence-electron chi connectivity index (χ1n) is 7.73. The van der Waals surface area contributed by atoms with Gasteiger partial charge in [0.15, 0.2) is 0 Å². The van der Waals surface area contributed by atoms with Crippen LogP contribution in [0.25, 0.3) is 0 Å². The predicted octanol–water partition coefficient (Wildman–Crippen LogP) is 4.74. The van der Waals surface area contributed by atoms with E-state index in [1.807, 2.05) is 0 Å². The van der Waals surface area contributed by atoms with Gasteiger partial charge in [-0.15, -0.1) is 0 Å². The van der Waals surface area contributed by atoms with Crippen LogP contribution in [-0.2, 0) is 4.75 Å². The van der Waals surface area contributed by atoms with Gasteiger partial charge in [-0.2, -0.15) is 12.6 Å². The van der Waals surface area contributed by atoms with Crippen molar-refractivity contribution in [1.82, 2.24) is 4.90 Å². The highest BCUT2D eigenvalue weighted by atomic mass is 32.1. The fourth-order valence-corrected chi connectivity index (χ4v) is 3.80. The molecule has 21 heavy (non-hydrogen) atoms. The zero-order valence-electron chi connectivity index (χ0n) is 13.9. The summed E-state index contributed by atoms with van der Waals surface area (Å²) in [5.41, 5.74) is 2.27. The molecule has 0 spiro atoms. The van der Waals surface area contributed by atoms with Crippen LogP contribution in [0.4, 0.5) is 5.69 Å². The predicted molar refractivity (Wildman–Crippen MR) is 103 cm³/mol. The van der Waals surface area contributed by atoms with Gasteiger partial charge in [-0.05, 0) is 46.3 Å². The van der Waals surface area contributed by atoms with E-state index in [9.17, 15) is 0 Å². The van der Waals surface area contributed by atoms with Crippen molar-refractivity contribution in [3.05, 3.63) is 14.6 Å². The summed E-state index contributed by atoms with van der Waals surface area (Å²) in [4.78, 5) is 4.75. The molecule has 0 aliphatic carbocycles. The second-order valence-corrected chi connectivity index (χ2v) is 8.08. The molecule has 1 aromatic carbocycles. The van der Waals surface area contributed by atoms with Crippen molar-refractivity contribution in [1.29, 1.82) is 0 Å². The van der Waals surface area contributed by atoms with Crippen molar-refractivity contribution in [2.75, 3.05) is 38.1 Å². The fourth-order valence-electron chi connectivity index (χ4n) is 2.70. The molecule has 0 amide bonds. The number of anilines is 1. The highest BCUT2D eigenvalue weighted by Gasteiger charge is 2.28. The van der Waals surface area contributed by atoms with Crippen LogP contribution >= 0.6 is 37.1 Å². The van der Waals surface area contributed by atoms with Crippen LogP contribution in [0, 0.1) is 9.02 Å². The van der Waals surface area contributed by atoms with Crippen molar-refractivity contribution in [2.24, 2.45) is 0 Å². The number of hydrogen-bond acceptors (Lipinski definition) is 5. The van der Waals surface area contributed by atoms with Crippen LogP contribution in [0.5, 0.6) is 0 Å². The van der Waals surface area contributed by atoms with Crippen molar-refractivity contribution in [3.63, 3.8) is 0 Å². The van der Waals surface area contributed by atoms with Gasteiger partial charge in [0.2, 0.25) is 0 Å². The minimum Gasteiger partial charge on any atom is -0.373 e. The first-order chi connectivity index (χ1) is 9.73. The van der Waals surface area contributed by atoms with Crippen molar-refractivity contribution >= 4 is 42.8 Å². The molecule has 1 aromatic rings. The lowest BCUT2D eigenvalue weighted by atomic mass is 9.95. The Morgan fingerprint density at radius 1 is 1.05 bits per heavy atom. The number of thiol groups is 1.